The number of rotatable bonds is 4. The standard InChI is InChI=1S/C19H19N3O4/c1-14(23)15-2-6-17(7-3-15)20-10-12-21(13-11-20)19(24)16-4-8-18(9-5-16)22(25)26/h2-9H,10-13H2,1H3. The quantitative estimate of drug-likeness (QED) is 0.479. The summed E-state index contributed by atoms with van der Waals surface area (Å²) in [4.78, 5) is 38.0. The van der Waals surface area contributed by atoms with Gasteiger partial charge in [-0.15, -0.1) is 0 Å². The Kier molecular flexibility index (Phi) is 4.97. The molecule has 0 unspecified atom stereocenters. The number of nitro benzene ring substituents is 1. The van der Waals surface area contributed by atoms with Crippen LogP contribution in [-0.2, 0) is 0 Å². The summed E-state index contributed by atoms with van der Waals surface area (Å²) >= 11 is 0. The predicted octanol–water partition coefficient (Wildman–Crippen LogP) is 2.76. The molecule has 1 aliphatic heterocycles. The van der Waals surface area contributed by atoms with Gasteiger partial charge in [0.1, 0.15) is 0 Å². The van der Waals surface area contributed by atoms with Crippen molar-refractivity contribution in [3.63, 3.8) is 0 Å². The zero-order valence-electron chi connectivity index (χ0n) is 14.4. The van der Waals surface area contributed by atoms with E-state index in [-0.39, 0.29) is 17.4 Å². The maximum absolute atomic E-state index is 12.5. The number of carbonyl (C=O) groups excluding carboxylic acids is 2. The molecule has 0 bridgehead atoms. The Morgan fingerprint density at radius 2 is 1.42 bits per heavy atom. The highest BCUT2D eigenvalue weighted by Gasteiger charge is 2.22. The fourth-order valence-electron chi connectivity index (χ4n) is 2.98. The highest BCUT2D eigenvalue weighted by molar-refractivity contribution is 5.95. The van der Waals surface area contributed by atoms with Gasteiger partial charge in [0.25, 0.3) is 11.6 Å². The fourth-order valence-corrected chi connectivity index (χ4v) is 2.98. The van der Waals surface area contributed by atoms with Gasteiger partial charge in [-0.2, -0.15) is 0 Å². The first kappa shape index (κ1) is 17.6. The summed E-state index contributed by atoms with van der Waals surface area (Å²) in [5.74, 6) is -0.0819. The molecule has 1 fully saturated rings. The molecule has 134 valence electrons. The lowest BCUT2D eigenvalue weighted by molar-refractivity contribution is -0.384. The van der Waals surface area contributed by atoms with Gasteiger partial charge in [-0.05, 0) is 43.3 Å². The summed E-state index contributed by atoms with van der Waals surface area (Å²) in [5, 5.41) is 10.7. The van der Waals surface area contributed by atoms with E-state index in [1.54, 1.807) is 4.90 Å². The second-order valence-electron chi connectivity index (χ2n) is 6.19. The zero-order valence-corrected chi connectivity index (χ0v) is 14.4. The summed E-state index contributed by atoms with van der Waals surface area (Å²) in [7, 11) is 0. The van der Waals surface area contributed by atoms with Crippen LogP contribution in [0, 0.1) is 10.1 Å². The minimum atomic E-state index is -0.482. The molecule has 2 aromatic rings. The molecule has 3 rings (SSSR count). The maximum Gasteiger partial charge on any atom is 0.269 e. The Bertz CT molecular complexity index is 823. The monoisotopic (exact) mass is 353 g/mol. The van der Waals surface area contributed by atoms with Crippen molar-refractivity contribution in [2.45, 2.75) is 6.92 Å². The van der Waals surface area contributed by atoms with Crippen molar-refractivity contribution in [1.82, 2.24) is 4.90 Å². The molecule has 0 N–H and O–H groups in total. The summed E-state index contributed by atoms with van der Waals surface area (Å²) < 4.78 is 0. The first-order valence-electron chi connectivity index (χ1n) is 8.35. The number of hydrogen-bond acceptors (Lipinski definition) is 5. The highest BCUT2D eigenvalue weighted by Crippen LogP contribution is 2.19. The lowest BCUT2D eigenvalue weighted by Gasteiger charge is -2.36. The summed E-state index contributed by atoms with van der Waals surface area (Å²) in [5.41, 5.74) is 2.13. The molecule has 1 heterocycles. The van der Waals surface area contributed by atoms with Crippen LogP contribution in [-0.4, -0.2) is 47.7 Å². The predicted molar refractivity (Wildman–Crippen MR) is 97.7 cm³/mol. The molecule has 26 heavy (non-hydrogen) atoms. The second kappa shape index (κ2) is 7.35. The number of ketones is 1. The number of piperazine rings is 1. The van der Waals surface area contributed by atoms with Gasteiger partial charge >= 0.3 is 0 Å². The molecular weight excluding hydrogens is 334 g/mol. The van der Waals surface area contributed by atoms with Crippen LogP contribution in [0.15, 0.2) is 48.5 Å². The smallest absolute Gasteiger partial charge is 0.269 e. The number of nitrogens with zero attached hydrogens (tertiary/aromatic N) is 3. The van der Waals surface area contributed by atoms with E-state index in [2.05, 4.69) is 4.90 Å². The van der Waals surface area contributed by atoms with Crippen molar-refractivity contribution in [2.24, 2.45) is 0 Å². The van der Waals surface area contributed by atoms with Crippen molar-refractivity contribution in [2.75, 3.05) is 31.1 Å². The molecule has 1 amide bonds. The Morgan fingerprint density at radius 3 is 1.92 bits per heavy atom. The number of anilines is 1. The van der Waals surface area contributed by atoms with Gasteiger partial charge in [-0.1, -0.05) is 0 Å². The lowest BCUT2D eigenvalue weighted by atomic mass is 10.1. The van der Waals surface area contributed by atoms with Gasteiger partial charge in [0.15, 0.2) is 5.78 Å². The SMILES string of the molecule is CC(=O)c1ccc(N2CCN(C(=O)c3ccc([N+](=O)[O-])cc3)CC2)cc1. The molecule has 1 saturated heterocycles. The number of nitro groups is 1. The minimum absolute atomic E-state index is 0.0274. The average Bonchev–Trinajstić information content (AvgIpc) is 2.67. The van der Waals surface area contributed by atoms with Gasteiger partial charge < -0.3 is 9.80 Å². The maximum atomic E-state index is 12.5. The van der Waals surface area contributed by atoms with Gasteiger partial charge in [0.2, 0.25) is 0 Å². The van der Waals surface area contributed by atoms with Crippen LogP contribution in [0.2, 0.25) is 0 Å². The van der Waals surface area contributed by atoms with Crippen LogP contribution in [0.4, 0.5) is 11.4 Å². The normalized spacial score (nSPS) is 14.2. The van der Waals surface area contributed by atoms with Crippen molar-refractivity contribution >= 4 is 23.1 Å². The molecular formula is C19H19N3O4. The van der Waals surface area contributed by atoms with Crippen LogP contribution in [0.1, 0.15) is 27.6 Å². The van der Waals surface area contributed by atoms with Crippen LogP contribution in [0.25, 0.3) is 0 Å². The topological polar surface area (TPSA) is 83.8 Å². The Balaban J connectivity index is 1.61. The molecule has 7 nitrogen and oxygen atoms in total. The number of non-ortho nitro benzene ring substituents is 1. The van der Waals surface area contributed by atoms with E-state index in [1.807, 2.05) is 24.3 Å². The first-order chi connectivity index (χ1) is 12.5. The van der Waals surface area contributed by atoms with Gasteiger partial charge in [0.05, 0.1) is 4.92 Å². The van der Waals surface area contributed by atoms with Crippen molar-refractivity contribution in [1.29, 1.82) is 0 Å². The van der Waals surface area contributed by atoms with Crippen LogP contribution in [0.3, 0.4) is 0 Å². The largest absolute Gasteiger partial charge is 0.368 e. The minimum Gasteiger partial charge on any atom is -0.368 e. The van der Waals surface area contributed by atoms with Gasteiger partial charge in [-0.3, -0.25) is 19.7 Å². The molecule has 0 atom stereocenters. The average molecular weight is 353 g/mol. The number of carbonyl (C=O) groups is 2. The van der Waals surface area contributed by atoms with Crippen LogP contribution < -0.4 is 4.90 Å². The van der Waals surface area contributed by atoms with Crippen molar-refractivity contribution in [3.8, 4) is 0 Å². The Morgan fingerprint density at radius 1 is 0.885 bits per heavy atom. The Hall–Kier alpha value is -3.22. The zero-order chi connectivity index (χ0) is 18.7. The van der Waals surface area contributed by atoms with E-state index in [4.69, 9.17) is 0 Å². The molecule has 0 aromatic heterocycles. The van der Waals surface area contributed by atoms with E-state index in [9.17, 15) is 19.7 Å². The molecule has 0 saturated carbocycles. The van der Waals surface area contributed by atoms with E-state index in [0.29, 0.717) is 37.3 Å². The second-order valence-corrected chi connectivity index (χ2v) is 6.19. The summed E-state index contributed by atoms with van der Waals surface area (Å²) in [6.07, 6.45) is 0. The van der Waals surface area contributed by atoms with E-state index < -0.39 is 4.92 Å². The van der Waals surface area contributed by atoms with Crippen LogP contribution >= 0.6 is 0 Å². The van der Waals surface area contributed by atoms with Gasteiger partial charge in [0, 0.05) is 55.1 Å². The molecule has 1 aliphatic rings. The lowest BCUT2D eigenvalue weighted by Crippen LogP contribution is -2.48. The Labute approximate surface area is 151 Å². The molecule has 0 aliphatic carbocycles. The van der Waals surface area contributed by atoms with Crippen molar-refractivity contribution < 1.29 is 14.5 Å². The third-order valence-electron chi connectivity index (χ3n) is 4.53. The van der Waals surface area contributed by atoms with Crippen molar-refractivity contribution in [3.05, 3.63) is 69.8 Å². The first-order valence-corrected chi connectivity index (χ1v) is 8.35. The van der Waals surface area contributed by atoms with Crippen LogP contribution in [0.5, 0.6) is 0 Å². The molecule has 7 heteroatoms. The number of benzene rings is 2. The number of hydrogen-bond donors (Lipinski definition) is 0. The number of Topliss-reactive ketones (excluding diaryl/α,β-unsaturated/α-hetero) is 1. The molecule has 2 aromatic carbocycles. The van der Waals surface area contributed by atoms with Gasteiger partial charge in [-0.25, -0.2) is 0 Å². The molecule has 0 spiro atoms. The van der Waals surface area contributed by atoms with E-state index in [1.165, 1.54) is 31.2 Å². The highest BCUT2D eigenvalue weighted by atomic mass is 16.6. The molecule has 0 radical (unpaired) electrons. The summed E-state index contributed by atoms with van der Waals surface area (Å²) in [6, 6.07) is 13.1. The third-order valence-corrected chi connectivity index (χ3v) is 4.53. The summed E-state index contributed by atoms with van der Waals surface area (Å²) in [6.45, 7) is 4.07. The third kappa shape index (κ3) is 3.72. The fraction of sp³-hybridized carbons (Fsp3) is 0.263. The van der Waals surface area contributed by atoms with E-state index in [0.717, 1.165) is 5.69 Å². The number of amides is 1. The van der Waals surface area contributed by atoms with E-state index >= 15 is 0 Å².